The summed E-state index contributed by atoms with van der Waals surface area (Å²) in [6.45, 7) is 2.39. The van der Waals surface area contributed by atoms with Crippen LogP contribution in [0, 0.1) is 11.8 Å². The maximum Gasteiger partial charge on any atom is 0.255 e. The van der Waals surface area contributed by atoms with Crippen LogP contribution in [-0.2, 0) is 16.0 Å². The Bertz CT molecular complexity index is 1200. The fourth-order valence-corrected chi connectivity index (χ4v) is 5.69. The van der Waals surface area contributed by atoms with E-state index in [9.17, 15) is 34.8 Å². The number of hydrogen-bond acceptors (Lipinski definition) is 10. The first-order valence-electron chi connectivity index (χ1n) is 10.9. The van der Waals surface area contributed by atoms with E-state index in [4.69, 9.17) is 11.5 Å². The molecule has 3 aliphatic carbocycles. The third kappa shape index (κ3) is 2.93. The van der Waals surface area contributed by atoms with Gasteiger partial charge in [-0.2, -0.15) is 0 Å². The maximum absolute atomic E-state index is 13.6. The fraction of sp³-hybridized carbons (Fsp3) is 0.435. The number of allylic oxidation sites excluding steroid dienone is 1. The number of phenols is 1. The zero-order valence-electron chi connectivity index (χ0n) is 19.0. The van der Waals surface area contributed by atoms with Crippen molar-refractivity contribution in [3.05, 3.63) is 39.9 Å². The number of aromatic hydroxyl groups is 1. The Labute approximate surface area is 195 Å². The number of primary amides is 1. The summed E-state index contributed by atoms with van der Waals surface area (Å²) in [4.78, 5) is 40.3. The average Bonchev–Trinajstić information content (AvgIpc) is 2.74. The number of nitrogen functional groups attached to an aromatic ring is 1. The van der Waals surface area contributed by atoms with E-state index in [0.29, 0.717) is 17.8 Å². The summed E-state index contributed by atoms with van der Waals surface area (Å²) in [7, 11) is 3.16. The first kappa shape index (κ1) is 23.6. The van der Waals surface area contributed by atoms with E-state index in [-0.39, 0.29) is 29.7 Å². The molecule has 0 aromatic heterocycles. The van der Waals surface area contributed by atoms with E-state index in [1.807, 2.05) is 6.92 Å². The second-order valence-corrected chi connectivity index (χ2v) is 9.21. The van der Waals surface area contributed by atoms with Gasteiger partial charge in [0, 0.05) is 23.7 Å². The molecule has 9 N–H and O–H groups in total. The first-order chi connectivity index (χ1) is 15.9. The van der Waals surface area contributed by atoms with Gasteiger partial charge in [-0.1, -0.05) is 0 Å². The van der Waals surface area contributed by atoms with Gasteiger partial charge in [-0.3, -0.25) is 19.3 Å². The molecule has 1 aromatic rings. The van der Waals surface area contributed by atoms with Gasteiger partial charge in [0.05, 0.1) is 17.3 Å². The number of Topliss-reactive ketones (excluding diaryl/α,β-unsaturated/α-hetero) is 2. The van der Waals surface area contributed by atoms with Crippen molar-refractivity contribution < 1.29 is 34.8 Å². The second-order valence-electron chi connectivity index (χ2n) is 9.21. The van der Waals surface area contributed by atoms with Crippen molar-refractivity contribution in [2.24, 2.45) is 17.6 Å². The van der Waals surface area contributed by atoms with Gasteiger partial charge < -0.3 is 37.2 Å². The van der Waals surface area contributed by atoms with Gasteiger partial charge in [-0.05, 0) is 51.4 Å². The Morgan fingerprint density at radius 3 is 2.47 bits per heavy atom. The van der Waals surface area contributed by atoms with E-state index in [1.165, 1.54) is 11.0 Å². The van der Waals surface area contributed by atoms with Gasteiger partial charge in [-0.15, -0.1) is 0 Å². The van der Waals surface area contributed by atoms with Crippen LogP contribution in [0.15, 0.2) is 28.7 Å². The van der Waals surface area contributed by atoms with E-state index >= 15 is 0 Å². The molecule has 0 saturated heterocycles. The summed E-state index contributed by atoms with van der Waals surface area (Å²) in [5.74, 6) is -6.96. The molecule has 2 unspecified atom stereocenters. The predicted octanol–water partition coefficient (Wildman–Crippen LogP) is 0.135. The number of nitrogens with one attached hydrogen (secondary N) is 1. The molecule has 0 fully saturated rings. The van der Waals surface area contributed by atoms with Gasteiger partial charge in [-0.25, -0.2) is 0 Å². The molecule has 1 amide bonds. The number of hydrogen-bond donors (Lipinski definition) is 7. The van der Waals surface area contributed by atoms with E-state index in [1.54, 1.807) is 14.1 Å². The van der Waals surface area contributed by atoms with E-state index in [2.05, 4.69) is 5.32 Å². The molecule has 1 aromatic carbocycles. The molecule has 0 heterocycles. The smallest absolute Gasteiger partial charge is 0.255 e. The van der Waals surface area contributed by atoms with Crippen LogP contribution in [0.1, 0.15) is 29.3 Å². The van der Waals surface area contributed by atoms with Crippen LogP contribution in [0.25, 0.3) is 0 Å². The van der Waals surface area contributed by atoms with Crippen molar-refractivity contribution in [3.8, 4) is 5.75 Å². The Kier molecular flexibility index (Phi) is 5.37. The number of amides is 1. The Morgan fingerprint density at radius 1 is 1.26 bits per heavy atom. The highest BCUT2D eigenvalue weighted by atomic mass is 16.3. The number of likely N-dealkylation sites (N-methyl/N-ethyl adjacent to an activating group) is 1. The molecule has 0 aliphatic heterocycles. The number of nitrogens with zero attached hydrogens (tertiary/aromatic N) is 1. The number of fused-ring (bicyclic) bond motifs is 3. The molecule has 11 heteroatoms. The van der Waals surface area contributed by atoms with Crippen molar-refractivity contribution in [3.63, 3.8) is 0 Å². The lowest BCUT2D eigenvalue weighted by molar-refractivity contribution is -0.148. The molecular formula is C23H28N4O7. The summed E-state index contributed by atoms with van der Waals surface area (Å²) >= 11 is 0. The highest BCUT2D eigenvalue weighted by molar-refractivity contribution is 6.25. The van der Waals surface area contributed by atoms with Crippen molar-refractivity contribution in [2.45, 2.75) is 31.4 Å². The summed E-state index contributed by atoms with van der Waals surface area (Å²) in [5, 5.41) is 47.2. The molecular weight excluding hydrogens is 444 g/mol. The molecule has 3 aliphatic rings. The number of benzene rings is 1. The van der Waals surface area contributed by atoms with Gasteiger partial charge in [0.2, 0.25) is 5.78 Å². The summed E-state index contributed by atoms with van der Waals surface area (Å²) < 4.78 is 0. The molecule has 4 rings (SSSR count). The van der Waals surface area contributed by atoms with Crippen LogP contribution in [0.4, 0.5) is 11.4 Å². The molecule has 182 valence electrons. The standard InChI is InChI=1S/C23H28N4O7/c1-4-26-12-7-11(24)17(28)14-9(12)5-8-6-10-16(27(2)3)19(30)15(22(25)33)21(32)23(10,34)20(31)13(8)18(14)29/h7-8,10,16,26,28,30-31,34H,4-6,24H2,1-3H3,(H2,25,33)/t8?,10?,16-,23-/m0/s1. The van der Waals surface area contributed by atoms with Crippen molar-refractivity contribution in [1.29, 1.82) is 0 Å². The third-order valence-electron chi connectivity index (χ3n) is 7.12. The number of ketones is 2. The van der Waals surface area contributed by atoms with E-state index < -0.39 is 63.8 Å². The van der Waals surface area contributed by atoms with Crippen LogP contribution in [0.2, 0.25) is 0 Å². The number of phenolic OH excluding ortho intramolecular Hbond substituents is 1. The quantitative estimate of drug-likeness (QED) is 0.137. The highest BCUT2D eigenvalue weighted by Crippen LogP contribution is 2.53. The number of aliphatic hydroxyl groups is 3. The topological polar surface area (TPSA) is 199 Å². The zero-order chi connectivity index (χ0) is 25.3. The monoisotopic (exact) mass is 472 g/mol. The summed E-state index contributed by atoms with van der Waals surface area (Å²) in [5.41, 5.74) is 8.40. The average molecular weight is 472 g/mol. The SMILES string of the molecule is CCNc1cc(N)c(O)c2c1CC1CC3[C@H](N(C)C)C(O)=C(C(N)=O)C(=O)[C@@]3(O)C(O)=C1C2=O. The molecule has 0 bridgehead atoms. The molecule has 0 saturated carbocycles. The van der Waals surface area contributed by atoms with Crippen molar-refractivity contribution in [1.82, 2.24) is 4.90 Å². The lowest BCUT2D eigenvalue weighted by Gasteiger charge is -2.50. The fourth-order valence-electron chi connectivity index (χ4n) is 5.69. The predicted molar refractivity (Wildman–Crippen MR) is 122 cm³/mol. The number of nitrogens with two attached hydrogens (primary N) is 2. The van der Waals surface area contributed by atoms with Crippen LogP contribution in [-0.4, -0.2) is 75.1 Å². The van der Waals surface area contributed by atoms with Crippen molar-refractivity contribution in [2.75, 3.05) is 31.7 Å². The molecule has 0 radical (unpaired) electrons. The molecule has 4 atom stereocenters. The number of rotatable bonds is 4. The van der Waals surface area contributed by atoms with Crippen molar-refractivity contribution >= 4 is 28.8 Å². The minimum Gasteiger partial charge on any atom is -0.510 e. The normalized spacial score (nSPS) is 28.6. The zero-order valence-corrected chi connectivity index (χ0v) is 19.0. The maximum atomic E-state index is 13.6. The Balaban J connectivity index is 1.98. The second kappa shape index (κ2) is 7.74. The molecule has 11 nitrogen and oxygen atoms in total. The Hall–Kier alpha value is -3.57. The Morgan fingerprint density at radius 2 is 1.91 bits per heavy atom. The van der Waals surface area contributed by atoms with Crippen LogP contribution < -0.4 is 16.8 Å². The third-order valence-corrected chi connectivity index (χ3v) is 7.12. The number of anilines is 2. The lowest BCUT2D eigenvalue weighted by atomic mass is 9.58. The lowest BCUT2D eigenvalue weighted by Crippen LogP contribution is -2.63. The minimum absolute atomic E-state index is 0.0302. The number of aliphatic hydroxyl groups excluding tert-OH is 2. The van der Waals surface area contributed by atoms with Crippen LogP contribution >= 0.6 is 0 Å². The van der Waals surface area contributed by atoms with E-state index in [0.717, 1.165) is 0 Å². The van der Waals surface area contributed by atoms with Gasteiger partial charge in [0.25, 0.3) is 5.91 Å². The summed E-state index contributed by atoms with van der Waals surface area (Å²) in [6.07, 6.45) is 0.229. The van der Waals surface area contributed by atoms with Gasteiger partial charge >= 0.3 is 0 Å². The highest BCUT2D eigenvalue weighted by Gasteiger charge is 2.63. The molecule has 34 heavy (non-hydrogen) atoms. The van der Waals surface area contributed by atoms with Crippen LogP contribution in [0.5, 0.6) is 5.75 Å². The van der Waals surface area contributed by atoms with Gasteiger partial charge in [0.15, 0.2) is 11.4 Å². The van der Waals surface area contributed by atoms with Crippen LogP contribution in [0.3, 0.4) is 0 Å². The first-order valence-corrected chi connectivity index (χ1v) is 10.9. The molecule has 0 spiro atoms. The minimum atomic E-state index is -2.66. The largest absolute Gasteiger partial charge is 0.510 e. The number of carbonyl (C=O) groups is 3. The number of carbonyl (C=O) groups excluding carboxylic acids is 3. The van der Waals surface area contributed by atoms with Gasteiger partial charge in [0.1, 0.15) is 22.8 Å². The summed E-state index contributed by atoms with van der Waals surface area (Å²) in [6, 6.07) is 0.498.